The molecule has 2 N–H and O–H groups in total. The first-order chi connectivity index (χ1) is 10.2. The minimum atomic E-state index is -2.91. The zero-order valence-electron chi connectivity index (χ0n) is 13.5. The van der Waals surface area contributed by atoms with Gasteiger partial charge in [-0.15, -0.1) is 0 Å². The Morgan fingerprint density at radius 1 is 1.50 bits per heavy atom. The maximum atomic E-state index is 11.5. The molecule has 8 heteroatoms. The lowest BCUT2D eigenvalue weighted by molar-refractivity contribution is 0.379. The highest BCUT2D eigenvalue weighted by atomic mass is 32.2. The summed E-state index contributed by atoms with van der Waals surface area (Å²) in [6.07, 6.45) is 2.34. The van der Waals surface area contributed by atoms with Crippen LogP contribution < -0.4 is 10.6 Å². The third-order valence-electron chi connectivity index (χ3n) is 3.50. The first-order valence-electron chi connectivity index (χ1n) is 7.32. The van der Waals surface area contributed by atoms with Gasteiger partial charge in [0.05, 0.1) is 24.2 Å². The van der Waals surface area contributed by atoms with E-state index in [2.05, 4.69) is 41.4 Å². The molecule has 0 aliphatic carbocycles. The molecule has 1 aliphatic rings. The van der Waals surface area contributed by atoms with Crippen molar-refractivity contribution in [1.29, 1.82) is 0 Å². The van der Waals surface area contributed by atoms with Crippen LogP contribution in [0.4, 0.5) is 0 Å². The molecule has 1 aliphatic heterocycles. The SMILES string of the molecule is CN=C(NCc1ncc(C(C)(C)C)o1)NC1CCS(=O)(=O)C1. The van der Waals surface area contributed by atoms with E-state index < -0.39 is 9.84 Å². The molecule has 1 aromatic heterocycles. The molecule has 0 amide bonds. The first kappa shape index (κ1) is 16.8. The Kier molecular flexibility index (Phi) is 4.79. The van der Waals surface area contributed by atoms with Crippen molar-refractivity contribution in [3.63, 3.8) is 0 Å². The maximum absolute atomic E-state index is 11.5. The Morgan fingerprint density at radius 3 is 2.73 bits per heavy atom. The predicted molar refractivity (Wildman–Crippen MR) is 85.6 cm³/mol. The number of sulfone groups is 1. The fourth-order valence-electron chi connectivity index (χ4n) is 2.19. The Balaban J connectivity index is 1.88. The Labute approximate surface area is 131 Å². The van der Waals surface area contributed by atoms with Crippen molar-refractivity contribution >= 4 is 15.8 Å². The molecule has 2 rings (SSSR count). The maximum Gasteiger partial charge on any atom is 0.213 e. The lowest BCUT2D eigenvalue weighted by Crippen LogP contribution is -2.43. The molecule has 1 atom stereocenters. The van der Waals surface area contributed by atoms with Crippen molar-refractivity contribution in [2.75, 3.05) is 18.6 Å². The van der Waals surface area contributed by atoms with E-state index in [9.17, 15) is 8.42 Å². The van der Waals surface area contributed by atoms with Crippen molar-refractivity contribution < 1.29 is 12.8 Å². The average Bonchev–Trinajstić information content (AvgIpc) is 3.00. The molecule has 1 saturated heterocycles. The number of nitrogens with one attached hydrogen (secondary N) is 2. The first-order valence-corrected chi connectivity index (χ1v) is 9.14. The van der Waals surface area contributed by atoms with Gasteiger partial charge < -0.3 is 15.1 Å². The van der Waals surface area contributed by atoms with E-state index >= 15 is 0 Å². The van der Waals surface area contributed by atoms with Gasteiger partial charge in [-0.3, -0.25) is 4.99 Å². The fourth-order valence-corrected chi connectivity index (χ4v) is 3.87. The van der Waals surface area contributed by atoms with Gasteiger partial charge in [0, 0.05) is 18.5 Å². The summed E-state index contributed by atoms with van der Waals surface area (Å²) in [7, 11) is -1.26. The summed E-state index contributed by atoms with van der Waals surface area (Å²) in [5.41, 5.74) is -0.0800. The highest BCUT2D eigenvalue weighted by Crippen LogP contribution is 2.22. The molecule has 22 heavy (non-hydrogen) atoms. The summed E-state index contributed by atoms with van der Waals surface area (Å²) >= 11 is 0. The van der Waals surface area contributed by atoms with E-state index in [1.165, 1.54) is 0 Å². The van der Waals surface area contributed by atoms with Crippen molar-refractivity contribution in [1.82, 2.24) is 15.6 Å². The van der Waals surface area contributed by atoms with Gasteiger partial charge in [0.1, 0.15) is 5.76 Å². The van der Waals surface area contributed by atoms with Crippen molar-refractivity contribution in [3.8, 4) is 0 Å². The summed E-state index contributed by atoms with van der Waals surface area (Å²) < 4.78 is 28.6. The van der Waals surface area contributed by atoms with Crippen LogP contribution in [0.1, 0.15) is 38.8 Å². The molecule has 1 fully saturated rings. The molecule has 0 radical (unpaired) electrons. The number of hydrogen-bond donors (Lipinski definition) is 2. The van der Waals surface area contributed by atoms with Crippen molar-refractivity contribution in [2.45, 2.75) is 45.2 Å². The van der Waals surface area contributed by atoms with Crippen LogP contribution in [0.3, 0.4) is 0 Å². The number of aliphatic imine (C=N–C) groups is 1. The predicted octanol–water partition coefficient (Wildman–Crippen LogP) is 0.824. The third kappa shape index (κ3) is 4.46. The van der Waals surface area contributed by atoms with E-state index in [-0.39, 0.29) is 23.0 Å². The molecule has 0 saturated carbocycles. The monoisotopic (exact) mass is 328 g/mol. The van der Waals surface area contributed by atoms with Crippen LogP contribution in [-0.2, 0) is 21.8 Å². The molecule has 1 aromatic rings. The molecule has 2 heterocycles. The quantitative estimate of drug-likeness (QED) is 0.630. The molecule has 0 bridgehead atoms. The minimum absolute atomic E-state index is 0.0800. The average molecular weight is 328 g/mol. The van der Waals surface area contributed by atoms with Gasteiger partial charge in [-0.25, -0.2) is 13.4 Å². The lowest BCUT2D eigenvalue weighted by Gasteiger charge is -2.15. The van der Waals surface area contributed by atoms with Crippen LogP contribution in [0.2, 0.25) is 0 Å². The van der Waals surface area contributed by atoms with E-state index in [4.69, 9.17) is 4.42 Å². The zero-order valence-corrected chi connectivity index (χ0v) is 14.3. The summed E-state index contributed by atoms with van der Waals surface area (Å²) in [6.45, 7) is 6.58. The summed E-state index contributed by atoms with van der Waals surface area (Å²) in [5.74, 6) is 2.34. The molecule has 7 nitrogen and oxygen atoms in total. The highest BCUT2D eigenvalue weighted by molar-refractivity contribution is 7.91. The summed E-state index contributed by atoms with van der Waals surface area (Å²) in [4.78, 5) is 8.34. The largest absolute Gasteiger partial charge is 0.443 e. The fraction of sp³-hybridized carbons (Fsp3) is 0.714. The lowest BCUT2D eigenvalue weighted by atomic mass is 9.94. The van der Waals surface area contributed by atoms with E-state index in [0.717, 1.165) is 5.76 Å². The number of aromatic nitrogens is 1. The standard InChI is InChI=1S/C14H24N4O3S/c1-14(2,3)11-7-16-12(21-11)8-17-13(15-4)18-10-5-6-22(19,20)9-10/h7,10H,5-6,8-9H2,1-4H3,(H2,15,17,18). The number of guanidine groups is 1. The van der Waals surface area contributed by atoms with Crippen molar-refractivity contribution in [2.24, 2.45) is 4.99 Å². The smallest absolute Gasteiger partial charge is 0.213 e. The molecule has 0 spiro atoms. The van der Waals surface area contributed by atoms with E-state index in [1.807, 2.05) is 0 Å². The van der Waals surface area contributed by atoms with E-state index in [0.29, 0.717) is 24.8 Å². The van der Waals surface area contributed by atoms with Crippen LogP contribution in [0.25, 0.3) is 0 Å². The second-order valence-corrected chi connectivity index (χ2v) is 8.77. The zero-order chi connectivity index (χ0) is 16.4. The van der Waals surface area contributed by atoms with Gasteiger partial charge in [-0.05, 0) is 6.42 Å². The minimum Gasteiger partial charge on any atom is -0.443 e. The van der Waals surface area contributed by atoms with Gasteiger partial charge in [-0.2, -0.15) is 0 Å². The van der Waals surface area contributed by atoms with Gasteiger partial charge in [0.2, 0.25) is 5.89 Å². The molecule has 1 unspecified atom stereocenters. The number of oxazole rings is 1. The van der Waals surface area contributed by atoms with Gasteiger partial charge in [-0.1, -0.05) is 20.8 Å². The van der Waals surface area contributed by atoms with Crippen LogP contribution in [0.15, 0.2) is 15.6 Å². The van der Waals surface area contributed by atoms with Crippen LogP contribution in [0, 0.1) is 0 Å². The van der Waals surface area contributed by atoms with Crippen molar-refractivity contribution in [3.05, 3.63) is 17.8 Å². The Hall–Kier alpha value is -1.57. The second kappa shape index (κ2) is 6.28. The Morgan fingerprint density at radius 2 is 2.23 bits per heavy atom. The molecule has 0 aromatic carbocycles. The third-order valence-corrected chi connectivity index (χ3v) is 5.26. The van der Waals surface area contributed by atoms with Gasteiger partial charge in [0.15, 0.2) is 15.8 Å². The molecular formula is C14H24N4O3S. The summed E-state index contributed by atoms with van der Waals surface area (Å²) in [6, 6.07) is -0.0918. The second-order valence-electron chi connectivity index (χ2n) is 6.54. The van der Waals surface area contributed by atoms with Gasteiger partial charge >= 0.3 is 0 Å². The summed E-state index contributed by atoms with van der Waals surface area (Å²) in [5, 5.41) is 6.21. The molecular weight excluding hydrogens is 304 g/mol. The molecule has 124 valence electrons. The van der Waals surface area contributed by atoms with Crippen LogP contribution >= 0.6 is 0 Å². The number of nitrogens with zero attached hydrogens (tertiary/aromatic N) is 2. The topological polar surface area (TPSA) is 96.6 Å². The normalized spacial score (nSPS) is 21.8. The van der Waals surface area contributed by atoms with E-state index in [1.54, 1.807) is 13.2 Å². The number of rotatable bonds is 3. The van der Waals surface area contributed by atoms with Crippen LogP contribution in [-0.4, -0.2) is 44.0 Å². The highest BCUT2D eigenvalue weighted by Gasteiger charge is 2.28. The van der Waals surface area contributed by atoms with Gasteiger partial charge in [0.25, 0.3) is 0 Å². The number of hydrogen-bond acceptors (Lipinski definition) is 5. The van der Waals surface area contributed by atoms with Crippen LogP contribution in [0.5, 0.6) is 0 Å². The Bertz CT molecular complexity index is 643.